The van der Waals surface area contributed by atoms with Gasteiger partial charge in [0.15, 0.2) is 0 Å². The Hall–Kier alpha value is -2.99. The van der Waals surface area contributed by atoms with Crippen LogP contribution in [-0.2, 0) is 6.61 Å². The van der Waals surface area contributed by atoms with E-state index in [1.165, 1.54) is 57.8 Å². The molecule has 0 saturated carbocycles. The average molecular weight is 444 g/mol. The fraction of sp³-hybridized carbons (Fsp3) is 0.433. The molecule has 0 fully saturated rings. The van der Waals surface area contributed by atoms with Gasteiger partial charge in [0.1, 0.15) is 18.1 Å². The molecule has 3 rings (SSSR count). The van der Waals surface area contributed by atoms with Crippen molar-refractivity contribution < 1.29 is 9.47 Å². The smallest absolute Gasteiger partial charge is 0.120 e. The van der Waals surface area contributed by atoms with E-state index in [9.17, 15) is 0 Å². The maximum atomic E-state index is 9.03. The standard InChI is InChI=1S/C30H37NO2/c1-2-3-4-5-6-7-8-9-10-11-20-32-29-17-13-25(14-18-29)24-33-30-19-16-27-21-26(23-31)12-15-28(27)22-30/h12-19,21-22H,2-11,20,24H2,1H3. The summed E-state index contributed by atoms with van der Waals surface area (Å²) in [6.07, 6.45) is 13.4. The molecule has 33 heavy (non-hydrogen) atoms. The highest BCUT2D eigenvalue weighted by Crippen LogP contribution is 2.23. The van der Waals surface area contributed by atoms with Gasteiger partial charge in [-0.25, -0.2) is 0 Å². The van der Waals surface area contributed by atoms with E-state index in [1.54, 1.807) is 0 Å². The molecule has 3 aromatic rings. The minimum Gasteiger partial charge on any atom is -0.494 e. The first-order valence-corrected chi connectivity index (χ1v) is 12.6. The Labute approximate surface area is 199 Å². The Bertz CT molecular complexity index is 1000. The van der Waals surface area contributed by atoms with Crippen molar-refractivity contribution in [2.75, 3.05) is 6.61 Å². The van der Waals surface area contributed by atoms with Crippen LogP contribution < -0.4 is 9.47 Å². The summed E-state index contributed by atoms with van der Waals surface area (Å²) in [5.74, 6) is 1.75. The minimum atomic E-state index is 0.514. The zero-order valence-electron chi connectivity index (χ0n) is 20.0. The van der Waals surface area contributed by atoms with E-state index >= 15 is 0 Å². The van der Waals surface area contributed by atoms with Crippen molar-refractivity contribution in [1.82, 2.24) is 0 Å². The molecule has 0 aliphatic rings. The quantitative estimate of drug-likeness (QED) is 0.221. The monoisotopic (exact) mass is 443 g/mol. The summed E-state index contributed by atoms with van der Waals surface area (Å²) in [6.45, 7) is 3.57. The van der Waals surface area contributed by atoms with Gasteiger partial charge in [-0.3, -0.25) is 0 Å². The van der Waals surface area contributed by atoms with Gasteiger partial charge < -0.3 is 9.47 Å². The third-order valence-electron chi connectivity index (χ3n) is 6.04. The van der Waals surface area contributed by atoms with Crippen molar-refractivity contribution in [3.63, 3.8) is 0 Å². The number of hydrogen-bond acceptors (Lipinski definition) is 3. The first-order valence-electron chi connectivity index (χ1n) is 12.6. The van der Waals surface area contributed by atoms with E-state index in [2.05, 4.69) is 25.1 Å². The van der Waals surface area contributed by atoms with Crippen LogP contribution in [0.3, 0.4) is 0 Å². The van der Waals surface area contributed by atoms with Crippen LogP contribution in [0.25, 0.3) is 10.8 Å². The fourth-order valence-electron chi connectivity index (χ4n) is 4.01. The summed E-state index contributed by atoms with van der Waals surface area (Å²) < 4.78 is 11.9. The molecule has 0 atom stereocenters. The lowest BCUT2D eigenvalue weighted by molar-refractivity contribution is 0.300. The molecule has 0 spiro atoms. The molecule has 3 aromatic carbocycles. The first kappa shape index (κ1) is 24.6. The van der Waals surface area contributed by atoms with Crippen molar-refractivity contribution in [1.29, 1.82) is 5.26 Å². The van der Waals surface area contributed by atoms with Crippen LogP contribution in [0.4, 0.5) is 0 Å². The number of hydrogen-bond donors (Lipinski definition) is 0. The first-order chi connectivity index (χ1) is 16.3. The molecular formula is C30H37NO2. The number of fused-ring (bicyclic) bond motifs is 1. The van der Waals surface area contributed by atoms with Gasteiger partial charge in [-0.15, -0.1) is 0 Å². The maximum Gasteiger partial charge on any atom is 0.120 e. The molecule has 0 aliphatic heterocycles. The molecule has 0 aromatic heterocycles. The number of nitriles is 1. The summed E-state index contributed by atoms with van der Waals surface area (Å²) in [5.41, 5.74) is 1.79. The van der Waals surface area contributed by atoms with Gasteiger partial charge in [-0.2, -0.15) is 5.26 Å². The molecule has 3 nitrogen and oxygen atoms in total. The summed E-state index contributed by atoms with van der Waals surface area (Å²) in [5, 5.41) is 11.1. The number of ether oxygens (including phenoxy) is 2. The fourth-order valence-corrected chi connectivity index (χ4v) is 4.01. The predicted octanol–water partition coefficient (Wildman–Crippen LogP) is 8.59. The van der Waals surface area contributed by atoms with Gasteiger partial charge in [0.05, 0.1) is 18.2 Å². The average Bonchev–Trinajstić information content (AvgIpc) is 2.86. The van der Waals surface area contributed by atoms with Crippen molar-refractivity contribution in [3.8, 4) is 17.6 Å². The van der Waals surface area contributed by atoms with Crippen LogP contribution in [0.1, 0.15) is 82.3 Å². The van der Waals surface area contributed by atoms with Gasteiger partial charge in [-0.05, 0) is 59.2 Å². The van der Waals surface area contributed by atoms with E-state index < -0.39 is 0 Å². The lowest BCUT2D eigenvalue weighted by Gasteiger charge is -2.09. The van der Waals surface area contributed by atoms with Crippen LogP contribution in [0.15, 0.2) is 60.7 Å². The topological polar surface area (TPSA) is 42.2 Å². The normalized spacial score (nSPS) is 10.8. The zero-order valence-corrected chi connectivity index (χ0v) is 20.0. The molecule has 0 radical (unpaired) electrons. The van der Waals surface area contributed by atoms with Crippen LogP contribution in [0, 0.1) is 11.3 Å². The number of nitrogens with zero attached hydrogens (tertiary/aromatic N) is 1. The Morgan fingerprint density at radius 1 is 0.636 bits per heavy atom. The highest BCUT2D eigenvalue weighted by Gasteiger charge is 2.02. The Morgan fingerprint density at radius 2 is 1.24 bits per heavy atom. The summed E-state index contributed by atoms with van der Waals surface area (Å²) in [7, 11) is 0. The van der Waals surface area contributed by atoms with Crippen molar-refractivity contribution in [3.05, 3.63) is 71.8 Å². The van der Waals surface area contributed by atoms with Gasteiger partial charge in [-0.1, -0.05) is 89.0 Å². The van der Waals surface area contributed by atoms with Crippen molar-refractivity contribution >= 4 is 10.8 Å². The second kappa shape index (κ2) is 14.2. The molecule has 174 valence electrons. The van der Waals surface area contributed by atoms with Gasteiger partial charge >= 0.3 is 0 Å². The highest BCUT2D eigenvalue weighted by molar-refractivity contribution is 5.85. The van der Waals surface area contributed by atoms with Gasteiger partial charge in [0.25, 0.3) is 0 Å². The third-order valence-corrected chi connectivity index (χ3v) is 6.04. The van der Waals surface area contributed by atoms with E-state index in [-0.39, 0.29) is 0 Å². The van der Waals surface area contributed by atoms with Crippen LogP contribution in [0.2, 0.25) is 0 Å². The highest BCUT2D eigenvalue weighted by atomic mass is 16.5. The Kier molecular flexibility index (Phi) is 10.6. The SMILES string of the molecule is CCCCCCCCCCCCOc1ccc(COc2ccc3cc(C#N)ccc3c2)cc1. The molecule has 0 aliphatic carbocycles. The van der Waals surface area contributed by atoms with Gasteiger partial charge in [0.2, 0.25) is 0 Å². The Balaban J connectivity index is 1.30. The molecule has 0 heterocycles. The molecular weight excluding hydrogens is 406 g/mol. The number of benzene rings is 3. The second-order valence-corrected chi connectivity index (χ2v) is 8.80. The second-order valence-electron chi connectivity index (χ2n) is 8.80. The molecule has 3 heteroatoms. The lowest BCUT2D eigenvalue weighted by Crippen LogP contribution is -1.99. The van der Waals surface area contributed by atoms with Crippen LogP contribution in [-0.4, -0.2) is 6.61 Å². The van der Waals surface area contributed by atoms with E-state index in [1.807, 2.05) is 48.5 Å². The van der Waals surface area contributed by atoms with E-state index in [0.29, 0.717) is 12.2 Å². The third kappa shape index (κ3) is 8.81. The van der Waals surface area contributed by atoms with Crippen molar-refractivity contribution in [2.24, 2.45) is 0 Å². The predicted molar refractivity (Wildman–Crippen MR) is 137 cm³/mol. The molecule has 0 unspecified atom stereocenters. The van der Waals surface area contributed by atoms with Crippen LogP contribution in [0.5, 0.6) is 11.5 Å². The largest absolute Gasteiger partial charge is 0.494 e. The van der Waals surface area contributed by atoms with Crippen LogP contribution >= 0.6 is 0 Å². The summed E-state index contributed by atoms with van der Waals surface area (Å²) >= 11 is 0. The van der Waals surface area contributed by atoms with Gasteiger partial charge in [0, 0.05) is 0 Å². The molecule has 0 N–H and O–H groups in total. The van der Waals surface area contributed by atoms with Crippen molar-refractivity contribution in [2.45, 2.75) is 77.7 Å². The Morgan fingerprint density at radius 3 is 1.94 bits per heavy atom. The number of rotatable bonds is 15. The minimum absolute atomic E-state index is 0.514. The summed E-state index contributed by atoms with van der Waals surface area (Å²) in [6, 6.07) is 22.0. The van der Waals surface area contributed by atoms with E-state index in [0.717, 1.165) is 40.9 Å². The zero-order chi connectivity index (χ0) is 23.1. The lowest BCUT2D eigenvalue weighted by atomic mass is 10.1. The maximum absolute atomic E-state index is 9.03. The number of unbranched alkanes of at least 4 members (excludes halogenated alkanes) is 9. The molecule has 0 saturated heterocycles. The summed E-state index contributed by atoms with van der Waals surface area (Å²) in [4.78, 5) is 0. The van der Waals surface area contributed by atoms with E-state index in [4.69, 9.17) is 14.7 Å². The molecule has 0 bridgehead atoms. The molecule has 0 amide bonds.